The van der Waals surface area contributed by atoms with E-state index in [1.54, 1.807) is 24.3 Å². The molecule has 2 aromatic heterocycles. The van der Waals surface area contributed by atoms with Gasteiger partial charge in [0.25, 0.3) is 0 Å². The van der Waals surface area contributed by atoms with E-state index in [4.69, 9.17) is 28.8 Å². The van der Waals surface area contributed by atoms with E-state index in [2.05, 4.69) is 15.4 Å². The second kappa shape index (κ2) is 10.5. The van der Waals surface area contributed by atoms with Crippen molar-refractivity contribution in [3.05, 3.63) is 36.0 Å². The van der Waals surface area contributed by atoms with Gasteiger partial charge in [-0.1, -0.05) is 0 Å². The van der Waals surface area contributed by atoms with Gasteiger partial charge in [0, 0.05) is 6.07 Å². The molecule has 1 aromatic carbocycles. The van der Waals surface area contributed by atoms with Crippen molar-refractivity contribution in [1.29, 1.82) is 0 Å². The van der Waals surface area contributed by atoms with Crippen LogP contribution in [0.25, 0.3) is 5.65 Å². The van der Waals surface area contributed by atoms with Crippen molar-refractivity contribution in [3.8, 4) is 23.1 Å². The van der Waals surface area contributed by atoms with E-state index in [-0.39, 0.29) is 19.0 Å². The molecule has 3 aromatic rings. The summed E-state index contributed by atoms with van der Waals surface area (Å²) in [7, 11) is 4.60. The van der Waals surface area contributed by atoms with Crippen LogP contribution in [0.15, 0.2) is 30.5 Å². The molecule has 0 aliphatic carbocycles. The molecule has 12 nitrogen and oxygen atoms in total. The van der Waals surface area contributed by atoms with Gasteiger partial charge in [0.15, 0.2) is 23.0 Å². The number of rotatable bonds is 10. The zero-order valence-electron chi connectivity index (χ0n) is 17.8. The molecule has 12 heteroatoms. The second-order valence-corrected chi connectivity index (χ2v) is 6.48. The maximum atomic E-state index is 11.7. The number of anilines is 1. The molecular formula is C20H24N4O8. The van der Waals surface area contributed by atoms with Crippen molar-refractivity contribution in [1.82, 2.24) is 14.6 Å². The maximum absolute atomic E-state index is 11.7. The predicted molar refractivity (Wildman–Crippen MR) is 111 cm³/mol. The predicted octanol–water partition coefficient (Wildman–Crippen LogP) is 1.24. The monoisotopic (exact) mass is 448 g/mol. The number of nitrogens with zero attached hydrogens (tertiary/aromatic N) is 3. The minimum absolute atomic E-state index is 0.189. The number of carbonyl (C=O) groups is 1. The summed E-state index contributed by atoms with van der Waals surface area (Å²) in [5.74, 6) is 2.03. The van der Waals surface area contributed by atoms with Crippen LogP contribution in [0.3, 0.4) is 0 Å². The fraction of sp³-hybridized carbons (Fsp3) is 0.350. The minimum Gasteiger partial charge on any atom is -0.493 e. The molecule has 0 saturated carbocycles. The summed E-state index contributed by atoms with van der Waals surface area (Å²) in [4.78, 5) is 15.9. The van der Waals surface area contributed by atoms with Crippen LogP contribution in [0.2, 0.25) is 0 Å². The Bertz CT molecular complexity index is 1050. The number of aliphatic hydroxyl groups excluding tert-OH is 2. The Morgan fingerprint density at radius 1 is 1.16 bits per heavy atom. The topological polar surface area (TPSA) is 146 Å². The van der Waals surface area contributed by atoms with E-state index in [1.807, 2.05) is 0 Å². The number of ether oxygens (including phenoxy) is 5. The number of imidazole rings is 1. The Kier molecular flexibility index (Phi) is 7.52. The van der Waals surface area contributed by atoms with Crippen molar-refractivity contribution in [3.63, 3.8) is 0 Å². The zero-order chi connectivity index (χ0) is 23.1. The van der Waals surface area contributed by atoms with Gasteiger partial charge in [-0.3, -0.25) is 5.32 Å². The van der Waals surface area contributed by atoms with Gasteiger partial charge >= 0.3 is 6.09 Å². The van der Waals surface area contributed by atoms with Crippen LogP contribution in [-0.2, 0) is 11.3 Å². The van der Waals surface area contributed by atoms with Gasteiger partial charge in [0.2, 0.25) is 11.6 Å². The van der Waals surface area contributed by atoms with Crippen molar-refractivity contribution in [2.75, 3.05) is 39.9 Å². The molecule has 32 heavy (non-hydrogen) atoms. The van der Waals surface area contributed by atoms with E-state index in [9.17, 15) is 9.90 Å². The summed E-state index contributed by atoms with van der Waals surface area (Å²) in [6.07, 6.45) is -0.487. The van der Waals surface area contributed by atoms with Gasteiger partial charge in [0.05, 0.1) is 34.1 Å². The molecular weight excluding hydrogens is 424 g/mol. The highest BCUT2D eigenvalue weighted by atomic mass is 16.6. The molecule has 0 radical (unpaired) electrons. The minimum atomic E-state index is -1.14. The van der Waals surface area contributed by atoms with Crippen LogP contribution in [0.4, 0.5) is 10.6 Å². The molecule has 172 valence electrons. The van der Waals surface area contributed by atoms with E-state index >= 15 is 0 Å². The van der Waals surface area contributed by atoms with Crippen LogP contribution in [-0.4, -0.2) is 71.6 Å². The van der Waals surface area contributed by atoms with Crippen molar-refractivity contribution < 1.29 is 38.7 Å². The molecule has 3 N–H and O–H groups in total. The summed E-state index contributed by atoms with van der Waals surface area (Å²) in [6, 6.07) is 6.86. The number of methoxy groups -OCH3 is 3. The lowest BCUT2D eigenvalue weighted by Crippen LogP contribution is -2.24. The second-order valence-electron chi connectivity index (χ2n) is 6.48. The van der Waals surface area contributed by atoms with Crippen LogP contribution in [0.1, 0.15) is 5.56 Å². The number of benzene rings is 1. The number of fused-ring (bicyclic) bond motifs is 1. The van der Waals surface area contributed by atoms with Gasteiger partial charge in [-0.2, -0.15) is 0 Å². The highest BCUT2D eigenvalue weighted by molar-refractivity contribution is 5.83. The van der Waals surface area contributed by atoms with Crippen molar-refractivity contribution in [2.45, 2.75) is 12.7 Å². The highest BCUT2D eigenvalue weighted by Crippen LogP contribution is 2.38. The van der Waals surface area contributed by atoms with Gasteiger partial charge in [-0.05, 0) is 23.8 Å². The Balaban J connectivity index is 1.67. The molecule has 0 bridgehead atoms. The maximum Gasteiger partial charge on any atom is 0.412 e. The average Bonchev–Trinajstić information content (AvgIpc) is 3.21. The lowest BCUT2D eigenvalue weighted by atomic mass is 10.2. The third kappa shape index (κ3) is 5.47. The molecule has 1 atom stereocenters. The molecule has 0 aliphatic heterocycles. The SMILES string of the molecule is COc1cc(COc2ccc3nc(NC(=O)OCC(O)CO)cn3n2)cc(OC)c1OC. The lowest BCUT2D eigenvalue weighted by Gasteiger charge is -2.14. The quantitative estimate of drug-likeness (QED) is 0.414. The van der Waals surface area contributed by atoms with E-state index in [0.717, 1.165) is 5.56 Å². The molecule has 1 unspecified atom stereocenters. The molecule has 2 heterocycles. The Labute approximate surface area is 183 Å². The summed E-state index contributed by atoms with van der Waals surface area (Å²) in [5.41, 5.74) is 1.25. The fourth-order valence-electron chi connectivity index (χ4n) is 2.74. The molecule has 0 aliphatic rings. The van der Waals surface area contributed by atoms with Gasteiger partial charge in [0.1, 0.15) is 19.3 Å². The number of amides is 1. The Hall–Kier alpha value is -3.77. The average molecular weight is 448 g/mol. The number of carbonyl (C=O) groups excluding carboxylic acids is 1. The summed E-state index contributed by atoms with van der Waals surface area (Å²) < 4.78 is 28.0. The first-order chi connectivity index (χ1) is 15.5. The normalized spacial score (nSPS) is 11.7. The van der Waals surface area contributed by atoms with Crippen LogP contribution < -0.4 is 24.3 Å². The number of aromatic nitrogens is 3. The molecule has 0 spiro atoms. The first kappa shape index (κ1) is 22.9. The van der Waals surface area contributed by atoms with Gasteiger partial charge in [-0.15, -0.1) is 5.10 Å². The smallest absolute Gasteiger partial charge is 0.412 e. The number of aliphatic hydroxyl groups is 2. The Morgan fingerprint density at radius 3 is 2.50 bits per heavy atom. The number of nitrogens with one attached hydrogen (secondary N) is 1. The first-order valence-electron chi connectivity index (χ1n) is 9.48. The number of hydrogen-bond acceptors (Lipinski definition) is 10. The lowest BCUT2D eigenvalue weighted by molar-refractivity contribution is 0.0362. The van der Waals surface area contributed by atoms with Crippen LogP contribution in [0, 0.1) is 0 Å². The first-order valence-corrected chi connectivity index (χ1v) is 9.48. The zero-order valence-corrected chi connectivity index (χ0v) is 17.8. The largest absolute Gasteiger partial charge is 0.493 e. The Morgan fingerprint density at radius 2 is 1.88 bits per heavy atom. The van der Waals surface area contributed by atoms with Crippen molar-refractivity contribution in [2.24, 2.45) is 0 Å². The summed E-state index contributed by atoms with van der Waals surface area (Å²) in [6.45, 7) is -0.661. The molecule has 3 rings (SSSR count). The van der Waals surface area contributed by atoms with E-state index in [0.29, 0.717) is 28.8 Å². The molecule has 1 amide bonds. The highest BCUT2D eigenvalue weighted by Gasteiger charge is 2.14. The van der Waals surface area contributed by atoms with E-state index in [1.165, 1.54) is 32.0 Å². The van der Waals surface area contributed by atoms with Gasteiger partial charge in [-0.25, -0.2) is 14.3 Å². The third-order valence-corrected chi connectivity index (χ3v) is 4.25. The van der Waals surface area contributed by atoms with Crippen LogP contribution in [0.5, 0.6) is 23.1 Å². The fourth-order valence-corrected chi connectivity index (χ4v) is 2.74. The van der Waals surface area contributed by atoms with Crippen LogP contribution >= 0.6 is 0 Å². The molecule has 0 fully saturated rings. The summed E-state index contributed by atoms with van der Waals surface area (Å²) >= 11 is 0. The standard InChI is InChI=1S/C20H24N4O8/c1-28-14-6-12(7-15(29-2)19(14)30-3)10-31-18-5-4-17-21-16(8-24(17)23-18)22-20(27)32-11-13(26)9-25/h4-8,13,25-26H,9-11H2,1-3H3,(H,22,27). The van der Waals surface area contributed by atoms with Gasteiger partial charge < -0.3 is 33.9 Å². The van der Waals surface area contributed by atoms with E-state index < -0.39 is 18.8 Å². The number of hydrogen-bond donors (Lipinski definition) is 3. The third-order valence-electron chi connectivity index (χ3n) is 4.25. The summed E-state index contributed by atoms with van der Waals surface area (Å²) in [5, 5.41) is 24.7. The molecule has 0 saturated heterocycles. The van der Waals surface area contributed by atoms with Crippen molar-refractivity contribution >= 4 is 17.6 Å².